The van der Waals surface area contributed by atoms with Crippen molar-refractivity contribution in [3.8, 4) is 5.75 Å². The Balaban J connectivity index is 1.79. The molecule has 0 aliphatic carbocycles. The van der Waals surface area contributed by atoms with Gasteiger partial charge in [-0.15, -0.1) is 0 Å². The highest BCUT2D eigenvalue weighted by Crippen LogP contribution is 2.53. The van der Waals surface area contributed by atoms with Gasteiger partial charge < -0.3 is 14.6 Å². The lowest BCUT2D eigenvalue weighted by Gasteiger charge is -2.43. The summed E-state index contributed by atoms with van der Waals surface area (Å²) in [6.07, 6.45) is 0.244. The molecule has 0 aromatic heterocycles. The molecular weight excluding hydrogens is 516 g/mol. The van der Waals surface area contributed by atoms with Crippen LogP contribution in [0.2, 0.25) is 5.02 Å². The number of aliphatic carboxylic acids is 1. The molecule has 0 spiro atoms. The molecular formula is C28H26BrClO4. The highest BCUT2D eigenvalue weighted by Gasteiger charge is 2.41. The van der Waals surface area contributed by atoms with E-state index in [9.17, 15) is 4.79 Å². The van der Waals surface area contributed by atoms with E-state index in [1.54, 1.807) is 6.07 Å². The maximum atomic E-state index is 11.2. The monoisotopic (exact) mass is 540 g/mol. The third-order valence-corrected chi connectivity index (χ3v) is 6.97. The zero-order chi connectivity index (χ0) is 24.2. The summed E-state index contributed by atoms with van der Waals surface area (Å²) in [5.41, 5.74) is 4.04. The van der Waals surface area contributed by atoms with Crippen LogP contribution in [0.1, 0.15) is 48.2 Å². The standard InChI is InChI=1S/C28H26BrClO4/c1-17(2)22-15-23(18-8-11-21(30)12-9-18)27(19-6-4-3-5-7-19)34-28(22)24-14-20(29)10-13-25(24)33-16-26(31)32/h3-14,22-23,27-28H,1,15-16H2,2H3,(H,31,32)/t22-,23-,27+,28+/m1/s1. The molecule has 3 aromatic rings. The third kappa shape index (κ3) is 5.54. The second kappa shape index (κ2) is 10.8. The summed E-state index contributed by atoms with van der Waals surface area (Å²) in [5, 5.41) is 9.85. The maximum absolute atomic E-state index is 11.2. The summed E-state index contributed by atoms with van der Waals surface area (Å²) in [6.45, 7) is 5.86. The minimum Gasteiger partial charge on any atom is -0.482 e. The fourth-order valence-electron chi connectivity index (χ4n) is 4.61. The lowest BCUT2D eigenvalue weighted by molar-refractivity contribution is -0.139. The predicted molar refractivity (Wildman–Crippen MR) is 137 cm³/mol. The minimum absolute atomic E-state index is 0.00196. The van der Waals surface area contributed by atoms with Crippen molar-refractivity contribution in [3.05, 3.63) is 111 Å². The Bertz CT molecular complexity index is 1160. The summed E-state index contributed by atoms with van der Waals surface area (Å²) in [7, 11) is 0. The highest BCUT2D eigenvalue weighted by atomic mass is 79.9. The lowest BCUT2D eigenvalue weighted by atomic mass is 9.74. The number of rotatable bonds is 7. The Kier molecular flexibility index (Phi) is 7.77. The van der Waals surface area contributed by atoms with Gasteiger partial charge in [-0.3, -0.25) is 0 Å². The third-order valence-electron chi connectivity index (χ3n) is 6.22. The van der Waals surface area contributed by atoms with Crippen LogP contribution in [0.25, 0.3) is 0 Å². The van der Waals surface area contributed by atoms with Crippen molar-refractivity contribution in [1.29, 1.82) is 0 Å². The number of carboxylic acid groups (broad SMARTS) is 1. The van der Waals surface area contributed by atoms with Crippen LogP contribution in [-0.4, -0.2) is 17.7 Å². The van der Waals surface area contributed by atoms with Gasteiger partial charge in [-0.25, -0.2) is 4.79 Å². The van der Waals surface area contributed by atoms with Gasteiger partial charge in [0.05, 0.1) is 12.2 Å². The van der Waals surface area contributed by atoms with Crippen LogP contribution in [0.3, 0.4) is 0 Å². The fourth-order valence-corrected chi connectivity index (χ4v) is 5.11. The average Bonchev–Trinajstić information content (AvgIpc) is 2.83. The van der Waals surface area contributed by atoms with Gasteiger partial charge in [-0.05, 0) is 54.8 Å². The molecule has 1 fully saturated rings. The topological polar surface area (TPSA) is 55.8 Å². The summed E-state index contributed by atoms with van der Waals surface area (Å²) >= 11 is 9.72. The van der Waals surface area contributed by atoms with Crippen LogP contribution in [0.5, 0.6) is 5.75 Å². The number of hydrogen-bond acceptors (Lipinski definition) is 3. The number of benzene rings is 3. The molecule has 0 radical (unpaired) electrons. The van der Waals surface area contributed by atoms with E-state index in [-0.39, 0.29) is 24.0 Å². The zero-order valence-corrected chi connectivity index (χ0v) is 21.1. The SMILES string of the molecule is C=C(C)[C@H]1C[C@H](c2ccc(Cl)cc2)[C@H](c2ccccc2)O[C@@H]1c1cc(Br)ccc1OCC(=O)O. The quantitative estimate of drug-likeness (QED) is 0.311. The van der Waals surface area contributed by atoms with Crippen molar-refractivity contribution >= 4 is 33.5 Å². The number of ether oxygens (including phenoxy) is 2. The molecule has 1 aliphatic rings. The molecule has 1 aliphatic heterocycles. The van der Waals surface area contributed by atoms with Crippen molar-refractivity contribution in [3.63, 3.8) is 0 Å². The van der Waals surface area contributed by atoms with E-state index >= 15 is 0 Å². The van der Waals surface area contributed by atoms with E-state index in [2.05, 4.69) is 46.8 Å². The van der Waals surface area contributed by atoms with Crippen LogP contribution < -0.4 is 4.74 Å². The number of carboxylic acids is 1. The van der Waals surface area contributed by atoms with Gasteiger partial charge in [-0.2, -0.15) is 0 Å². The first-order chi connectivity index (χ1) is 16.3. The van der Waals surface area contributed by atoms with E-state index in [4.69, 9.17) is 26.2 Å². The predicted octanol–water partition coefficient (Wildman–Crippen LogP) is 7.74. The molecule has 4 nitrogen and oxygen atoms in total. The minimum atomic E-state index is -1.03. The molecule has 0 amide bonds. The van der Waals surface area contributed by atoms with Gasteiger partial charge in [0, 0.05) is 26.9 Å². The first-order valence-electron chi connectivity index (χ1n) is 11.1. The van der Waals surface area contributed by atoms with Crippen LogP contribution in [0.4, 0.5) is 0 Å². The first kappa shape index (κ1) is 24.5. The molecule has 0 unspecified atom stereocenters. The molecule has 4 rings (SSSR count). The summed E-state index contributed by atoms with van der Waals surface area (Å²) < 4.78 is 13.4. The van der Waals surface area contributed by atoms with Gasteiger partial charge in [-0.1, -0.05) is 82.1 Å². The summed E-state index contributed by atoms with van der Waals surface area (Å²) in [4.78, 5) is 11.2. The first-order valence-corrected chi connectivity index (χ1v) is 12.3. The van der Waals surface area contributed by atoms with Crippen molar-refractivity contribution < 1.29 is 19.4 Å². The van der Waals surface area contributed by atoms with E-state index in [0.29, 0.717) is 10.8 Å². The van der Waals surface area contributed by atoms with Crippen LogP contribution >= 0.6 is 27.5 Å². The van der Waals surface area contributed by atoms with Gasteiger partial charge in [0.1, 0.15) is 5.75 Å². The molecule has 1 N–H and O–H groups in total. The van der Waals surface area contributed by atoms with Crippen molar-refractivity contribution in [2.75, 3.05) is 6.61 Å². The normalized spacial score (nSPS) is 22.2. The van der Waals surface area contributed by atoms with Crippen LogP contribution in [0.15, 0.2) is 89.4 Å². The van der Waals surface area contributed by atoms with E-state index < -0.39 is 12.6 Å². The number of halogens is 2. The molecule has 176 valence electrons. The van der Waals surface area contributed by atoms with Crippen molar-refractivity contribution in [2.45, 2.75) is 31.5 Å². The van der Waals surface area contributed by atoms with Gasteiger partial charge >= 0.3 is 5.97 Å². The summed E-state index contributed by atoms with van der Waals surface area (Å²) in [6, 6.07) is 23.7. The number of carbonyl (C=O) groups is 1. The average molecular weight is 542 g/mol. The Morgan fingerprint density at radius 1 is 1.09 bits per heavy atom. The molecule has 1 heterocycles. The highest BCUT2D eigenvalue weighted by molar-refractivity contribution is 9.10. The van der Waals surface area contributed by atoms with E-state index in [1.165, 1.54) is 0 Å². The number of hydrogen-bond donors (Lipinski definition) is 1. The van der Waals surface area contributed by atoms with E-state index in [0.717, 1.165) is 33.2 Å². The second-order valence-corrected chi connectivity index (χ2v) is 9.95. The van der Waals surface area contributed by atoms with Gasteiger partial charge in [0.2, 0.25) is 0 Å². The van der Waals surface area contributed by atoms with Gasteiger partial charge in [0.25, 0.3) is 0 Å². The van der Waals surface area contributed by atoms with Crippen molar-refractivity contribution in [1.82, 2.24) is 0 Å². The smallest absolute Gasteiger partial charge is 0.341 e. The Morgan fingerprint density at radius 2 is 1.79 bits per heavy atom. The molecule has 4 atom stereocenters. The van der Waals surface area contributed by atoms with E-state index in [1.807, 2.05) is 49.4 Å². The zero-order valence-electron chi connectivity index (χ0n) is 18.8. The molecule has 0 bridgehead atoms. The Hall–Kier alpha value is -2.60. The molecule has 3 aromatic carbocycles. The lowest BCUT2D eigenvalue weighted by Crippen LogP contribution is -2.31. The van der Waals surface area contributed by atoms with Crippen LogP contribution in [0, 0.1) is 5.92 Å². The Labute approximate surface area is 213 Å². The van der Waals surface area contributed by atoms with Gasteiger partial charge in [0.15, 0.2) is 6.61 Å². The van der Waals surface area contributed by atoms with Crippen LogP contribution in [-0.2, 0) is 9.53 Å². The Morgan fingerprint density at radius 3 is 2.44 bits per heavy atom. The molecule has 6 heteroatoms. The van der Waals surface area contributed by atoms with Crippen molar-refractivity contribution in [2.24, 2.45) is 5.92 Å². The second-order valence-electron chi connectivity index (χ2n) is 8.60. The summed E-state index contributed by atoms with van der Waals surface area (Å²) in [5.74, 6) is -0.436. The molecule has 1 saturated heterocycles. The maximum Gasteiger partial charge on any atom is 0.341 e. The fraction of sp³-hybridized carbons (Fsp3) is 0.250. The molecule has 34 heavy (non-hydrogen) atoms. The molecule has 0 saturated carbocycles. The largest absolute Gasteiger partial charge is 0.482 e.